The van der Waals surface area contributed by atoms with Crippen molar-refractivity contribution in [1.82, 2.24) is 15.1 Å². The van der Waals surface area contributed by atoms with E-state index < -0.39 is 0 Å². The Bertz CT molecular complexity index is 568. The number of nitrogens with zero attached hydrogens (tertiary/aromatic N) is 2. The highest BCUT2D eigenvalue weighted by Crippen LogP contribution is 2.23. The first-order valence-corrected chi connectivity index (χ1v) is 8.41. The number of hydrogen-bond donors (Lipinski definition) is 1. The largest absolute Gasteiger partial charge is 0.316 e. The number of benzene rings is 1. The van der Waals surface area contributed by atoms with Crippen molar-refractivity contribution in [2.75, 3.05) is 12.8 Å². The first-order valence-electron chi connectivity index (χ1n) is 6.63. The van der Waals surface area contributed by atoms with E-state index in [9.17, 15) is 0 Å². The van der Waals surface area contributed by atoms with E-state index in [4.69, 9.17) is 0 Å². The van der Waals surface area contributed by atoms with Gasteiger partial charge >= 0.3 is 0 Å². The van der Waals surface area contributed by atoms with Crippen molar-refractivity contribution in [3.63, 3.8) is 0 Å². The Morgan fingerprint density at radius 3 is 2.80 bits per heavy atom. The summed E-state index contributed by atoms with van der Waals surface area (Å²) < 4.78 is 3.11. The molecule has 20 heavy (non-hydrogen) atoms. The summed E-state index contributed by atoms with van der Waals surface area (Å²) >= 11 is 5.39. The normalized spacial score (nSPS) is 12.6. The summed E-state index contributed by atoms with van der Waals surface area (Å²) in [6.45, 7) is 2.04. The Balaban J connectivity index is 1.94. The monoisotopic (exact) mass is 353 g/mol. The molecule has 0 aliphatic carbocycles. The fraction of sp³-hybridized carbons (Fsp3) is 0.400. The van der Waals surface area contributed by atoms with Gasteiger partial charge in [0.05, 0.1) is 5.69 Å². The second-order valence-corrected chi connectivity index (χ2v) is 6.87. The van der Waals surface area contributed by atoms with Crippen LogP contribution in [0.3, 0.4) is 0 Å². The lowest BCUT2D eigenvalue weighted by atomic mass is 10.2. The van der Waals surface area contributed by atoms with Gasteiger partial charge in [0.15, 0.2) is 0 Å². The highest BCUT2D eigenvalue weighted by atomic mass is 79.9. The summed E-state index contributed by atoms with van der Waals surface area (Å²) in [5.74, 6) is 1.04. The number of nitrogens with one attached hydrogen (secondary N) is 1. The van der Waals surface area contributed by atoms with Crippen molar-refractivity contribution in [3.8, 4) is 0 Å². The molecule has 0 radical (unpaired) electrons. The van der Waals surface area contributed by atoms with Crippen LogP contribution in [0.25, 0.3) is 0 Å². The van der Waals surface area contributed by atoms with E-state index in [1.807, 2.05) is 37.5 Å². The van der Waals surface area contributed by atoms with Crippen LogP contribution in [0.15, 0.2) is 39.7 Å². The molecule has 0 fully saturated rings. The van der Waals surface area contributed by atoms with E-state index in [0.29, 0.717) is 6.04 Å². The summed E-state index contributed by atoms with van der Waals surface area (Å²) in [5.41, 5.74) is 2.36. The zero-order chi connectivity index (χ0) is 14.5. The summed E-state index contributed by atoms with van der Waals surface area (Å²) in [7, 11) is 4.03. The molecule has 2 rings (SSSR count). The van der Waals surface area contributed by atoms with Crippen molar-refractivity contribution in [3.05, 3.63) is 46.2 Å². The number of thioether (sulfide) groups is 1. The maximum absolute atomic E-state index is 4.40. The van der Waals surface area contributed by atoms with Gasteiger partial charge in [-0.05, 0) is 38.2 Å². The van der Waals surface area contributed by atoms with Crippen LogP contribution in [-0.4, -0.2) is 28.6 Å². The Hall–Kier alpha value is -0.780. The first-order chi connectivity index (χ1) is 9.58. The van der Waals surface area contributed by atoms with Crippen LogP contribution in [0.4, 0.5) is 0 Å². The minimum atomic E-state index is 0.439. The number of halogens is 1. The predicted molar refractivity (Wildman–Crippen MR) is 89.4 cm³/mol. The summed E-state index contributed by atoms with van der Waals surface area (Å²) in [6.07, 6.45) is 0.995. The van der Waals surface area contributed by atoms with E-state index in [2.05, 4.69) is 56.7 Å². The van der Waals surface area contributed by atoms with E-state index in [0.717, 1.165) is 22.3 Å². The van der Waals surface area contributed by atoms with E-state index in [1.165, 1.54) is 10.6 Å². The number of likely N-dealkylation sites (N-methyl/N-ethyl adjacent to an activating group) is 1. The number of hydrogen-bond acceptors (Lipinski definition) is 3. The van der Waals surface area contributed by atoms with Crippen molar-refractivity contribution >= 4 is 27.7 Å². The van der Waals surface area contributed by atoms with Crippen molar-refractivity contribution < 1.29 is 0 Å². The minimum absolute atomic E-state index is 0.439. The van der Waals surface area contributed by atoms with Crippen molar-refractivity contribution in [2.24, 2.45) is 7.05 Å². The Morgan fingerprint density at radius 2 is 2.20 bits per heavy atom. The lowest BCUT2D eigenvalue weighted by Crippen LogP contribution is -2.30. The third kappa shape index (κ3) is 4.36. The molecule has 0 aliphatic heterocycles. The fourth-order valence-corrected chi connectivity index (χ4v) is 3.72. The maximum atomic E-state index is 4.40. The molecule has 2 aromatic rings. The molecule has 1 unspecified atom stereocenters. The number of aromatic nitrogens is 2. The molecule has 1 heterocycles. The number of aryl methyl sites for hydroxylation is 2. The molecule has 0 aliphatic rings. The molecule has 1 aromatic carbocycles. The van der Waals surface area contributed by atoms with E-state index >= 15 is 0 Å². The van der Waals surface area contributed by atoms with Gasteiger partial charge in [-0.25, -0.2) is 0 Å². The maximum Gasteiger partial charge on any atom is 0.0596 e. The molecule has 1 N–H and O–H groups in total. The molecular formula is C15H20BrN3S. The average Bonchev–Trinajstić information content (AvgIpc) is 2.72. The highest BCUT2D eigenvalue weighted by molar-refractivity contribution is 9.10. The van der Waals surface area contributed by atoms with Crippen LogP contribution in [-0.2, 0) is 13.5 Å². The second-order valence-electron chi connectivity index (χ2n) is 4.86. The summed E-state index contributed by atoms with van der Waals surface area (Å²) in [5, 5.41) is 7.80. The molecule has 5 heteroatoms. The van der Waals surface area contributed by atoms with E-state index in [1.54, 1.807) is 0 Å². The molecule has 1 atom stereocenters. The van der Waals surface area contributed by atoms with Gasteiger partial charge in [0.25, 0.3) is 0 Å². The molecule has 1 aromatic heterocycles. The smallest absolute Gasteiger partial charge is 0.0596 e. The molecule has 0 bridgehead atoms. The molecule has 108 valence electrons. The standard InChI is InChI=1S/C15H20BrN3S/c1-11-7-14(19(3)18-11)9-13(17-2)10-20-15-6-4-5-12(16)8-15/h4-8,13,17H,9-10H2,1-3H3. The molecule has 0 spiro atoms. The Labute approximate surface area is 133 Å². The van der Waals surface area contributed by atoms with Crippen LogP contribution >= 0.6 is 27.7 Å². The summed E-state index contributed by atoms with van der Waals surface area (Å²) in [4.78, 5) is 1.29. The van der Waals surface area contributed by atoms with Crippen LogP contribution in [0.1, 0.15) is 11.4 Å². The lowest BCUT2D eigenvalue weighted by molar-refractivity contribution is 0.582. The quantitative estimate of drug-likeness (QED) is 0.807. The zero-order valence-corrected chi connectivity index (χ0v) is 14.5. The van der Waals surface area contributed by atoms with E-state index in [-0.39, 0.29) is 0 Å². The van der Waals surface area contributed by atoms with Gasteiger partial charge in [-0.3, -0.25) is 4.68 Å². The van der Waals surface area contributed by atoms with Gasteiger partial charge < -0.3 is 5.32 Å². The average molecular weight is 354 g/mol. The van der Waals surface area contributed by atoms with Gasteiger partial charge in [0, 0.05) is 40.3 Å². The second kappa shape index (κ2) is 7.29. The molecule has 0 amide bonds. The van der Waals surface area contributed by atoms with Crippen molar-refractivity contribution in [1.29, 1.82) is 0 Å². The van der Waals surface area contributed by atoms with Crippen LogP contribution in [0.5, 0.6) is 0 Å². The molecule has 0 saturated carbocycles. The Morgan fingerprint density at radius 1 is 1.40 bits per heavy atom. The first kappa shape index (κ1) is 15.6. The topological polar surface area (TPSA) is 29.9 Å². The third-order valence-corrected chi connectivity index (χ3v) is 4.86. The van der Waals surface area contributed by atoms with Crippen LogP contribution in [0, 0.1) is 6.92 Å². The molecular weight excluding hydrogens is 334 g/mol. The van der Waals surface area contributed by atoms with Gasteiger partial charge in [-0.2, -0.15) is 5.10 Å². The SMILES string of the molecule is CNC(CSc1cccc(Br)c1)Cc1cc(C)nn1C. The highest BCUT2D eigenvalue weighted by Gasteiger charge is 2.11. The van der Waals surface area contributed by atoms with Crippen molar-refractivity contribution in [2.45, 2.75) is 24.3 Å². The molecule has 3 nitrogen and oxygen atoms in total. The van der Waals surface area contributed by atoms with Gasteiger partial charge in [0.2, 0.25) is 0 Å². The Kier molecular flexibility index (Phi) is 5.69. The number of rotatable bonds is 6. The van der Waals surface area contributed by atoms with Gasteiger partial charge in [0.1, 0.15) is 0 Å². The zero-order valence-electron chi connectivity index (χ0n) is 12.1. The minimum Gasteiger partial charge on any atom is -0.316 e. The third-order valence-electron chi connectivity index (χ3n) is 3.21. The summed E-state index contributed by atoms with van der Waals surface area (Å²) in [6, 6.07) is 11.0. The molecule has 0 saturated heterocycles. The van der Waals surface area contributed by atoms with Crippen LogP contribution in [0.2, 0.25) is 0 Å². The predicted octanol–water partition coefficient (Wildman–Crippen LogP) is 3.41. The van der Waals surface area contributed by atoms with Gasteiger partial charge in [-0.1, -0.05) is 22.0 Å². The fourth-order valence-electron chi connectivity index (χ4n) is 2.11. The van der Waals surface area contributed by atoms with Crippen LogP contribution < -0.4 is 5.32 Å². The van der Waals surface area contributed by atoms with Gasteiger partial charge in [-0.15, -0.1) is 11.8 Å². The lowest BCUT2D eigenvalue weighted by Gasteiger charge is -2.16.